The molecule has 0 aliphatic rings. The molecule has 0 fully saturated rings. The van der Waals surface area contributed by atoms with Crippen LogP contribution in [0.2, 0.25) is 5.02 Å². The number of sulfonamides is 1. The maximum absolute atomic E-state index is 13.9. The molecule has 3 rings (SSSR count). The van der Waals surface area contributed by atoms with Crippen LogP contribution in [0.15, 0.2) is 83.8 Å². The average molecular weight is 624 g/mol. The number of carbonyl (C=O) groups is 2. The fourth-order valence-electron chi connectivity index (χ4n) is 4.14. The lowest BCUT2D eigenvalue weighted by molar-refractivity contribution is -0.138. The van der Waals surface area contributed by atoms with E-state index in [2.05, 4.69) is 5.32 Å². The van der Waals surface area contributed by atoms with Gasteiger partial charge in [-0.15, -0.1) is 0 Å². The van der Waals surface area contributed by atoms with E-state index in [1.807, 2.05) is 44.2 Å². The minimum atomic E-state index is -4.80. The Labute approximate surface area is 249 Å². The number of rotatable bonds is 12. The summed E-state index contributed by atoms with van der Waals surface area (Å²) < 4.78 is 69.1. The number of alkyl halides is 3. The van der Waals surface area contributed by atoms with Gasteiger partial charge in [0.05, 0.1) is 21.2 Å². The molecule has 42 heavy (non-hydrogen) atoms. The molecule has 12 heteroatoms. The minimum absolute atomic E-state index is 0.0503. The van der Waals surface area contributed by atoms with Gasteiger partial charge in [-0.05, 0) is 55.2 Å². The second-order valence-corrected chi connectivity index (χ2v) is 12.4. The van der Waals surface area contributed by atoms with Crippen molar-refractivity contribution < 1.29 is 31.2 Å². The molecule has 0 aromatic heterocycles. The first-order valence-corrected chi connectivity index (χ1v) is 15.1. The number of anilines is 1. The third kappa shape index (κ3) is 8.48. The number of hydrogen-bond acceptors (Lipinski definition) is 4. The Morgan fingerprint density at radius 3 is 2.10 bits per heavy atom. The summed E-state index contributed by atoms with van der Waals surface area (Å²) in [5, 5.41) is 2.48. The van der Waals surface area contributed by atoms with Gasteiger partial charge in [0, 0.05) is 13.1 Å². The standard InChI is InChI=1S/C30H33ClF3N3O4S/c1-21(2)19-35-29(39)22(3)36(17-16-23-10-6-4-7-11-23)28(38)20-37(42(40,41)25-12-8-5-9-13-25)27-18-24(30(32,33)34)14-15-26(27)31/h4-15,18,21-22H,16-17,19-20H2,1-3H3,(H,35,39)/t22-/m1/s1. The molecule has 0 unspecified atom stereocenters. The molecule has 1 N–H and O–H groups in total. The number of benzene rings is 3. The average Bonchev–Trinajstić information content (AvgIpc) is 2.95. The van der Waals surface area contributed by atoms with Gasteiger partial charge in [-0.2, -0.15) is 13.2 Å². The Morgan fingerprint density at radius 2 is 1.52 bits per heavy atom. The van der Waals surface area contributed by atoms with E-state index in [0.29, 0.717) is 23.3 Å². The Morgan fingerprint density at radius 1 is 0.929 bits per heavy atom. The third-order valence-corrected chi connectivity index (χ3v) is 8.58. The van der Waals surface area contributed by atoms with Crippen LogP contribution in [-0.4, -0.2) is 50.8 Å². The first kappa shape index (κ1) is 32.9. The van der Waals surface area contributed by atoms with Gasteiger partial charge in [-0.3, -0.25) is 13.9 Å². The molecule has 3 aromatic rings. The van der Waals surface area contributed by atoms with Crippen LogP contribution in [0.3, 0.4) is 0 Å². The molecule has 7 nitrogen and oxygen atoms in total. The molecule has 0 bridgehead atoms. The molecule has 0 aliphatic carbocycles. The van der Waals surface area contributed by atoms with Crippen molar-refractivity contribution in [2.75, 3.05) is 23.9 Å². The summed E-state index contributed by atoms with van der Waals surface area (Å²) in [7, 11) is -4.57. The molecule has 2 amide bonds. The van der Waals surface area contributed by atoms with Crippen molar-refractivity contribution in [1.82, 2.24) is 10.2 Å². The van der Waals surface area contributed by atoms with Gasteiger partial charge in [-0.25, -0.2) is 8.42 Å². The number of amides is 2. The number of carbonyl (C=O) groups excluding carboxylic acids is 2. The van der Waals surface area contributed by atoms with Crippen molar-refractivity contribution in [3.63, 3.8) is 0 Å². The van der Waals surface area contributed by atoms with Crippen LogP contribution in [0.25, 0.3) is 0 Å². The lowest BCUT2D eigenvalue weighted by Crippen LogP contribution is -2.52. The Kier molecular flexibility index (Phi) is 11.0. The molecule has 0 saturated carbocycles. The normalized spacial score (nSPS) is 12.6. The van der Waals surface area contributed by atoms with Gasteiger partial charge >= 0.3 is 6.18 Å². The third-order valence-electron chi connectivity index (χ3n) is 6.49. The van der Waals surface area contributed by atoms with Crippen LogP contribution in [0.5, 0.6) is 0 Å². The second-order valence-electron chi connectivity index (χ2n) is 10.1. The van der Waals surface area contributed by atoms with E-state index >= 15 is 0 Å². The van der Waals surface area contributed by atoms with E-state index in [4.69, 9.17) is 11.6 Å². The van der Waals surface area contributed by atoms with E-state index in [-0.39, 0.29) is 22.4 Å². The maximum Gasteiger partial charge on any atom is 0.416 e. The van der Waals surface area contributed by atoms with Crippen LogP contribution in [0, 0.1) is 5.92 Å². The molecule has 0 heterocycles. The topological polar surface area (TPSA) is 86.8 Å². The zero-order valence-corrected chi connectivity index (χ0v) is 25.0. The molecule has 0 radical (unpaired) electrons. The lowest BCUT2D eigenvalue weighted by Gasteiger charge is -2.32. The van der Waals surface area contributed by atoms with Gasteiger partial charge in [0.15, 0.2) is 0 Å². The predicted molar refractivity (Wildman–Crippen MR) is 157 cm³/mol. The highest BCUT2D eigenvalue weighted by atomic mass is 35.5. The molecule has 1 atom stereocenters. The number of nitrogens with one attached hydrogen (secondary N) is 1. The smallest absolute Gasteiger partial charge is 0.354 e. The van der Waals surface area contributed by atoms with Crippen LogP contribution in [-0.2, 0) is 32.2 Å². The number of halogens is 4. The number of nitrogens with zero attached hydrogens (tertiary/aromatic N) is 2. The van der Waals surface area contributed by atoms with Gasteiger partial charge in [0.1, 0.15) is 12.6 Å². The molecule has 0 spiro atoms. The molecular weight excluding hydrogens is 591 g/mol. The van der Waals surface area contributed by atoms with Gasteiger partial charge in [-0.1, -0.05) is 74.0 Å². The fraction of sp³-hybridized carbons (Fsp3) is 0.333. The highest BCUT2D eigenvalue weighted by Crippen LogP contribution is 2.37. The van der Waals surface area contributed by atoms with E-state index in [9.17, 15) is 31.2 Å². The molecule has 0 aliphatic heterocycles. The molecule has 3 aromatic carbocycles. The van der Waals surface area contributed by atoms with Crippen molar-refractivity contribution in [1.29, 1.82) is 0 Å². The zero-order chi connectivity index (χ0) is 31.1. The van der Waals surface area contributed by atoms with Gasteiger partial charge in [0.25, 0.3) is 10.0 Å². The first-order valence-electron chi connectivity index (χ1n) is 13.3. The molecular formula is C30H33ClF3N3O4S. The SMILES string of the molecule is CC(C)CNC(=O)[C@@H](C)N(CCc1ccccc1)C(=O)CN(c1cc(C(F)(F)F)ccc1Cl)S(=O)(=O)c1ccccc1. The summed E-state index contributed by atoms with van der Waals surface area (Å²) in [6, 6.07) is 17.5. The van der Waals surface area contributed by atoms with Crippen molar-refractivity contribution in [3.8, 4) is 0 Å². The fourth-order valence-corrected chi connectivity index (χ4v) is 5.85. The summed E-state index contributed by atoms with van der Waals surface area (Å²) in [5.41, 5.74) is -0.770. The Hall–Kier alpha value is -3.57. The van der Waals surface area contributed by atoms with Crippen molar-refractivity contribution in [2.24, 2.45) is 5.92 Å². The summed E-state index contributed by atoms with van der Waals surface area (Å²) >= 11 is 6.26. The van der Waals surface area contributed by atoms with Crippen molar-refractivity contribution >= 4 is 39.1 Å². The summed E-state index contributed by atoms with van der Waals surface area (Å²) in [6.45, 7) is 4.86. The predicted octanol–water partition coefficient (Wildman–Crippen LogP) is 5.79. The largest absolute Gasteiger partial charge is 0.416 e. The summed E-state index contributed by atoms with van der Waals surface area (Å²) in [5.74, 6) is -1.09. The van der Waals surface area contributed by atoms with Crippen molar-refractivity contribution in [2.45, 2.75) is 44.3 Å². The maximum atomic E-state index is 13.9. The van der Waals surface area contributed by atoms with Crippen molar-refractivity contribution in [3.05, 3.63) is 95.0 Å². The van der Waals surface area contributed by atoms with E-state index in [1.54, 1.807) is 6.07 Å². The van der Waals surface area contributed by atoms with Crippen LogP contribution < -0.4 is 9.62 Å². The molecule has 226 valence electrons. The first-order chi connectivity index (χ1) is 19.7. The van der Waals surface area contributed by atoms with Crippen LogP contribution in [0.4, 0.5) is 18.9 Å². The van der Waals surface area contributed by atoms with Gasteiger partial charge < -0.3 is 10.2 Å². The highest BCUT2D eigenvalue weighted by Gasteiger charge is 2.36. The monoisotopic (exact) mass is 623 g/mol. The van der Waals surface area contributed by atoms with Gasteiger partial charge in [0.2, 0.25) is 11.8 Å². The Balaban J connectivity index is 2.06. The quantitative estimate of drug-likeness (QED) is 0.277. The lowest BCUT2D eigenvalue weighted by atomic mass is 10.1. The minimum Gasteiger partial charge on any atom is -0.354 e. The van der Waals surface area contributed by atoms with Crippen LogP contribution in [0.1, 0.15) is 31.9 Å². The summed E-state index contributed by atoms with van der Waals surface area (Å²) in [6.07, 6.45) is -4.44. The van der Waals surface area contributed by atoms with Crippen LogP contribution >= 0.6 is 11.6 Å². The van der Waals surface area contributed by atoms with E-state index in [1.165, 1.54) is 36.1 Å². The van der Waals surface area contributed by atoms with E-state index in [0.717, 1.165) is 17.7 Å². The second kappa shape index (κ2) is 14.1. The molecule has 0 saturated heterocycles. The van der Waals surface area contributed by atoms with E-state index < -0.39 is 51.9 Å². The zero-order valence-electron chi connectivity index (χ0n) is 23.4. The Bertz CT molecular complexity index is 1470. The summed E-state index contributed by atoms with van der Waals surface area (Å²) in [4.78, 5) is 27.9. The number of hydrogen-bond donors (Lipinski definition) is 1. The highest BCUT2D eigenvalue weighted by molar-refractivity contribution is 7.92.